The standard InChI is InChI=1S/C34H41ClN2O6S.C8H16N2O/c1-22-6-4-15-34(20-38,42-3)29-11-8-26(29)18-37-19-33(14-5-7-24-16-27(35)10-12-28(24)33)21-43-31-13-9-25(17-30(31)37)32(39)36-44(40,41)23(22)2;1-8(6-11-7-8)10-4-2-9-3-5-10/h4,9-10,12-13,15-17,20,22-23,26,29H,5-8,11,14,18-19,21H2,1-3H3,(H,36,39);9H,2-7H2,1H3/b15-4+;/t22-,23+,26-,29+,33-,34+;/m0./s1. The number of rotatable bonds is 3. The number of amides is 1. The number of ether oxygens (including phenoxy) is 3. The summed E-state index contributed by atoms with van der Waals surface area (Å²) in [6.45, 7) is 13.9. The second-order valence-corrected chi connectivity index (χ2v) is 19.4. The molecule has 0 unspecified atom stereocenters. The molecule has 2 N–H and O–H groups in total. The van der Waals surface area contributed by atoms with E-state index < -0.39 is 26.8 Å². The molecule has 2 bridgehead atoms. The van der Waals surface area contributed by atoms with Crippen molar-refractivity contribution < 1.29 is 32.2 Å². The van der Waals surface area contributed by atoms with Crippen LogP contribution in [0.3, 0.4) is 0 Å². The fourth-order valence-corrected chi connectivity index (χ4v) is 10.9. The van der Waals surface area contributed by atoms with Crippen molar-refractivity contribution in [3.63, 3.8) is 0 Å². The van der Waals surface area contributed by atoms with Crippen LogP contribution in [0.1, 0.15) is 74.4 Å². The highest BCUT2D eigenvalue weighted by Crippen LogP contribution is 2.48. The highest BCUT2D eigenvalue weighted by molar-refractivity contribution is 7.90. The minimum Gasteiger partial charge on any atom is -0.490 e. The largest absolute Gasteiger partial charge is 0.490 e. The van der Waals surface area contributed by atoms with Crippen LogP contribution in [0.25, 0.3) is 0 Å². The number of carbonyl (C=O) groups excluding carboxylic acids is 2. The highest BCUT2D eigenvalue weighted by atomic mass is 35.5. The molecule has 300 valence electrons. The Labute approximate surface area is 331 Å². The maximum Gasteiger partial charge on any atom is 0.264 e. The summed E-state index contributed by atoms with van der Waals surface area (Å²) in [5, 5.41) is 3.23. The van der Waals surface area contributed by atoms with Crippen LogP contribution in [0.15, 0.2) is 48.6 Å². The van der Waals surface area contributed by atoms with Gasteiger partial charge >= 0.3 is 0 Å². The SMILES string of the molecule is CC1(N2CCNCC2)COC1.CO[C@@]1(C=O)/C=C/C[C@H](C)[C@@H](C)S(=O)(=O)NC(=O)c2ccc3c(c2)N(C[C@@H]2CC[C@H]21)C[C@@]1(CCCc2cc(Cl)ccc21)CO3. The van der Waals surface area contributed by atoms with Gasteiger partial charge in [-0.2, -0.15) is 0 Å². The lowest BCUT2D eigenvalue weighted by atomic mass is 9.64. The summed E-state index contributed by atoms with van der Waals surface area (Å²) < 4.78 is 46.6. The Morgan fingerprint density at radius 2 is 1.84 bits per heavy atom. The lowest BCUT2D eigenvalue weighted by Crippen LogP contribution is -2.64. The molecule has 1 amide bonds. The van der Waals surface area contributed by atoms with Crippen LogP contribution in [0.4, 0.5) is 5.69 Å². The molecule has 55 heavy (non-hydrogen) atoms. The normalized spacial score (nSPS) is 33.4. The maximum atomic E-state index is 13.4. The second kappa shape index (κ2) is 16.1. The summed E-state index contributed by atoms with van der Waals surface area (Å²) >= 11 is 6.40. The van der Waals surface area contributed by atoms with Crippen LogP contribution in [0.2, 0.25) is 5.02 Å². The van der Waals surface area contributed by atoms with Gasteiger partial charge in [0.25, 0.3) is 5.91 Å². The van der Waals surface area contributed by atoms with E-state index in [1.54, 1.807) is 32.2 Å². The third-order valence-electron chi connectivity index (χ3n) is 13.4. The summed E-state index contributed by atoms with van der Waals surface area (Å²) in [4.78, 5) is 30.9. The van der Waals surface area contributed by atoms with Crippen molar-refractivity contribution >= 4 is 39.5 Å². The maximum absolute atomic E-state index is 13.4. The molecule has 1 spiro atoms. The van der Waals surface area contributed by atoms with Gasteiger partial charge in [0.2, 0.25) is 10.0 Å². The molecular weight excluding hydrogens is 740 g/mol. The Morgan fingerprint density at radius 1 is 1.05 bits per heavy atom. The first-order valence-corrected chi connectivity index (χ1v) is 21.8. The van der Waals surface area contributed by atoms with Gasteiger partial charge in [-0.1, -0.05) is 30.7 Å². The van der Waals surface area contributed by atoms with Gasteiger partial charge < -0.3 is 24.4 Å². The van der Waals surface area contributed by atoms with E-state index in [-0.39, 0.29) is 28.7 Å². The van der Waals surface area contributed by atoms with E-state index in [0.717, 1.165) is 70.4 Å². The Bertz CT molecular complexity index is 1880. The van der Waals surface area contributed by atoms with Gasteiger partial charge in [0.1, 0.15) is 11.4 Å². The van der Waals surface area contributed by atoms with E-state index >= 15 is 0 Å². The number of nitrogens with one attached hydrogen (secondary N) is 2. The Balaban J connectivity index is 0.000000360. The predicted octanol–water partition coefficient (Wildman–Crippen LogP) is 5.15. The number of anilines is 1. The van der Waals surface area contributed by atoms with Crippen LogP contribution in [-0.2, 0) is 36.1 Å². The van der Waals surface area contributed by atoms with Gasteiger partial charge in [-0.15, -0.1) is 0 Å². The van der Waals surface area contributed by atoms with Crippen molar-refractivity contribution in [2.75, 3.05) is 71.1 Å². The predicted molar refractivity (Wildman–Crippen MR) is 215 cm³/mol. The zero-order valence-corrected chi connectivity index (χ0v) is 34.2. The van der Waals surface area contributed by atoms with Crippen LogP contribution >= 0.6 is 11.6 Å². The number of hydrogen-bond acceptors (Lipinski definition) is 10. The Hall–Kier alpha value is -3.00. The van der Waals surface area contributed by atoms with Gasteiger partial charge in [0.05, 0.1) is 36.3 Å². The van der Waals surface area contributed by atoms with E-state index in [0.29, 0.717) is 42.4 Å². The number of carbonyl (C=O) groups is 2. The van der Waals surface area contributed by atoms with Gasteiger partial charge in [0.15, 0.2) is 6.29 Å². The minimum atomic E-state index is -3.97. The molecule has 8 rings (SSSR count). The van der Waals surface area contributed by atoms with Crippen LogP contribution in [-0.4, -0.2) is 108 Å². The number of methoxy groups -OCH3 is 1. The van der Waals surface area contributed by atoms with Gasteiger partial charge in [-0.25, -0.2) is 13.1 Å². The molecule has 2 aromatic carbocycles. The molecule has 4 aliphatic heterocycles. The molecule has 0 aromatic heterocycles. The molecule has 13 heteroatoms. The average Bonchev–Trinajstić information content (AvgIpc) is 3.31. The molecule has 1 saturated carbocycles. The zero-order chi connectivity index (χ0) is 39.0. The van der Waals surface area contributed by atoms with E-state index in [4.69, 9.17) is 25.8 Å². The van der Waals surface area contributed by atoms with Crippen molar-refractivity contribution in [1.82, 2.24) is 14.9 Å². The van der Waals surface area contributed by atoms with E-state index in [1.807, 2.05) is 25.1 Å². The quantitative estimate of drug-likeness (QED) is 0.319. The molecule has 2 aromatic rings. The number of piperazine rings is 1. The van der Waals surface area contributed by atoms with Crippen LogP contribution in [0, 0.1) is 17.8 Å². The van der Waals surface area contributed by atoms with E-state index in [1.165, 1.54) is 24.2 Å². The number of fused-ring (bicyclic) bond motifs is 4. The zero-order valence-electron chi connectivity index (χ0n) is 32.7. The number of benzene rings is 2. The number of halogens is 1. The van der Waals surface area contributed by atoms with Gasteiger partial charge in [0, 0.05) is 68.3 Å². The molecule has 6 aliphatic rings. The van der Waals surface area contributed by atoms with Gasteiger partial charge in [-0.05, 0) is 112 Å². The highest BCUT2D eigenvalue weighted by Gasteiger charge is 2.49. The van der Waals surface area contributed by atoms with Crippen molar-refractivity contribution in [3.8, 4) is 5.75 Å². The third-order valence-corrected chi connectivity index (χ3v) is 15.6. The van der Waals surface area contributed by atoms with Crippen LogP contribution < -0.4 is 19.7 Å². The molecule has 11 nitrogen and oxygen atoms in total. The van der Waals surface area contributed by atoms with Crippen molar-refractivity contribution in [1.29, 1.82) is 0 Å². The summed E-state index contributed by atoms with van der Waals surface area (Å²) in [5.74, 6) is -0.203. The second-order valence-electron chi connectivity index (χ2n) is 16.9. The molecule has 2 aliphatic carbocycles. The van der Waals surface area contributed by atoms with E-state index in [9.17, 15) is 18.0 Å². The minimum absolute atomic E-state index is 0.0434. The lowest BCUT2D eigenvalue weighted by molar-refractivity contribution is -0.135. The summed E-state index contributed by atoms with van der Waals surface area (Å²) in [6.07, 6.45) is 9.65. The Kier molecular flexibility index (Phi) is 11.8. The third kappa shape index (κ3) is 7.96. The first-order chi connectivity index (χ1) is 26.3. The fraction of sp³-hybridized carbons (Fsp3) is 0.619. The number of sulfonamides is 1. The molecule has 0 radical (unpaired) electrons. The Morgan fingerprint density at radius 3 is 2.51 bits per heavy atom. The number of aldehydes is 1. The summed E-state index contributed by atoms with van der Waals surface area (Å²) in [5.41, 5.74) is 2.41. The van der Waals surface area contributed by atoms with Crippen molar-refractivity contribution in [3.05, 3.63) is 70.3 Å². The molecule has 4 heterocycles. The number of allylic oxidation sites excluding steroid dienone is 1. The summed E-state index contributed by atoms with van der Waals surface area (Å²) in [7, 11) is -2.41. The monoisotopic (exact) mass is 796 g/mol. The topological polar surface area (TPSA) is 127 Å². The number of hydrogen-bond donors (Lipinski definition) is 2. The van der Waals surface area contributed by atoms with Gasteiger partial charge in [-0.3, -0.25) is 14.5 Å². The molecule has 2 saturated heterocycles. The molecular formula is C42H57ClN4O7S. The number of nitrogens with zero attached hydrogens (tertiary/aromatic N) is 2. The van der Waals surface area contributed by atoms with E-state index in [2.05, 4.69) is 38.9 Å². The molecule has 6 atom stereocenters. The fourth-order valence-electron chi connectivity index (χ4n) is 9.47. The summed E-state index contributed by atoms with van der Waals surface area (Å²) in [6, 6.07) is 11.3. The van der Waals surface area contributed by atoms with Crippen molar-refractivity contribution in [2.45, 2.75) is 81.1 Å². The van der Waals surface area contributed by atoms with Crippen molar-refractivity contribution in [2.24, 2.45) is 17.8 Å². The lowest BCUT2D eigenvalue weighted by Gasteiger charge is -2.48. The van der Waals surface area contributed by atoms with Crippen LogP contribution in [0.5, 0.6) is 5.75 Å². The number of aryl methyl sites for hydroxylation is 1. The first kappa shape index (κ1) is 40.2. The smallest absolute Gasteiger partial charge is 0.264 e. The first-order valence-electron chi connectivity index (χ1n) is 19.9. The average molecular weight is 797 g/mol. The molecule has 3 fully saturated rings.